The number of aromatic nitrogens is 3. The van der Waals surface area contributed by atoms with E-state index >= 15 is 0 Å². The first kappa shape index (κ1) is 95.8. The number of benzene rings is 6. The minimum atomic E-state index is -1.26. The van der Waals surface area contributed by atoms with Crippen LogP contribution >= 0.6 is 11.6 Å². The molecule has 0 unspecified atom stereocenters. The molecule has 0 amide bonds. The smallest absolute Gasteiger partial charge is 0.337 e. The lowest BCUT2D eigenvalue weighted by molar-refractivity contribution is -0.161. The Morgan fingerprint density at radius 1 is 0.427 bits per heavy atom. The Balaban J connectivity index is 0.000000195. The number of pyridine rings is 3. The Labute approximate surface area is 733 Å². The second-order valence-corrected chi connectivity index (χ2v) is 38.1. The largest absolute Gasteiger partial charge is 0.493 e. The number of aliphatic carboxylic acids is 3. The van der Waals surface area contributed by atoms with Crippen LogP contribution in [0.3, 0.4) is 0 Å². The van der Waals surface area contributed by atoms with E-state index in [1.807, 2.05) is 142 Å². The van der Waals surface area contributed by atoms with Crippen LogP contribution in [0.15, 0.2) is 150 Å². The van der Waals surface area contributed by atoms with Crippen LogP contribution < -0.4 is 39.2 Å². The van der Waals surface area contributed by atoms with Crippen molar-refractivity contribution in [1.29, 1.82) is 0 Å². The molecule has 3 aliphatic heterocycles. The Morgan fingerprint density at radius 3 is 1.00 bits per heavy atom. The molecular formula is C100H124ClF3N6O14. The molecule has 4 N–H and O–H groups in total. The van der Waals surface area contributed by atoms with E-state index < -0.39 is 53.0 Å². The number of hydrogen-bond acceptors (Lipinski definition) is 16. The number of rotatable bonds is 28. The average molecular weight is 1730 g/mol. The van der Waals surface area contributed by atoms with Crippen molar-refractivity contribution in [2.24, 2.45) is 16.2 Å². The molecule has 0 bridgehead atoms. The Morgan fingerprint density at radius 2 is 0.702 bits per heavy atom. The molecule has 0 radical (unpaired) electrons. The van der Waals surface area contributed by atoms with E-state index in [1.54, 1.807) is 57.4 Å². The number of nitrogens with one attached hydrogen (secondary N) is 1. The fraction of sp³-hybridized carbons (Fsp3) is 0.460. The fourth-order valence-electron chi connectivity index (χ4n) is 15.7. The zero-order chi connectivity index (χ0) is 90.6. The molecule has 0 aliphatic carbocycles. The van der Waals surface area contributed by atoms with Crippen molar-refractivity contribution in [2.45, 2.75) is 218 Å². The first-order chi connectivity index (χ1) is 58.3. The van der Waals surface area contributed by atoms with E-state index in [0.717, 1.165) is 109 Å². The standard InChI is InChI=1S/C34H43FN2O5.C33H40ClFN2O4.C33H41FN2O5/c1-22-27(30(32(38)39)42-33(2,3)4)29(37-19-17-34(5,6)18-20-37)28(31(36-22)40-7)24-10-14-26(15-11-24)41-21-16-23-8-12-25(35)13-9-23;1-21-26(29(31(38)39)41-32(2,3)4)28(37-18-16-33(5,6)17-19-37)27(30(34)36-21)23-9-13-25(14-10-23)40-20-15-22-7-11-24(35)12-8-22;1-21-26(29(31(38)39)41-32(2,3)4)28(36-18-16-33(5,6)17-19-36)27(30(37)35-21)23-9-13-25(14-10-23)40-20-15-22-7-11-24(34)12-8-22/h8-15,30H,16-21H2,1-7H3,(H,38,39);7-14,29H,15-20H2,1-6H3,(H,38,39);7-14,29H,15-20H2,1-6H3,(H,35,37)(H,38,39)/t30-;2*29-/m000/s1. The Hall–Kier alpha value is -10.5. The van der Waals surface area contributed by atoms with Crippen molar-refractivity contribution in [3.63, 3.8) is 0 Å². The number of anilines is 3. The predicted octanol–water partition coefficient (Wildman–Crippen LogP) is 22.1. The normalized spacial score (nSPS) is 15.9. The van der Waals surface area contributed by atoms with Gasteiger partial charge >= 0.3 is 17.9 Å². The summed E-state index contributed by atoms with van der Waals surface area (Å²) in [7, 11) is 1.58. The van der Waals surface area contributed by atoms with Gasteiger partial charge < -0.3 is 68.2 Å². The highest BCUT2D eigenvalue weighted by molar-refractivity contribution is 6.33. The molecule has 3 atom stereocenters. The van der Waals surface area contributed by atoms with Gasteiger partial charge in [0, 0.05) is 97.9 Å². The van der Waals surface area contributed by atoms with Gasteiger partial charge in [0.15, 0.2) is 18.3 Å². The van der Waals surface area contributed by atoms with Crippen molar-refractivity contribution in [1.82, 2.24) is 15.0 Å². The van der Waals surface area contributed by atoms with Gasteiger partial charge in [-0.1, -0.05) is 126 Å². The average Bonchev–Trinajstić information content (AvgIpc) is 0.758. The topological polar surface area (TPSA) is 245 Å². The lowest BCUT2D eigenvalue weighted by Crippen LogP contribution is -2.40. The van der Waals surface area contributed by atoms with Crippen LogP contribution in [0.25, 0.3) is 33.4 Å². The van der Waals surface area contributed by atoms with Crippen molar-refractivity contribution in [3.05, 3.63) is 229 Å². The van der Waals surface area contributed by atoms with Crippen LogP contribution in [0.4, 0.5) is 30.2 Å². The number of ether oxygens (including phenoxy) is 7. The van der Waals surface area contributed by atoms with Gasteiger partial charge in [-0.3, -0.25) is 4.79 Å². The molecule has 24 heteroatoms. The van der Waals surface area contributed by atoms with E-state index in [9.17, 15) is 47.7 Å². The summed E-state index contributed by atoms with van der Waals surface area (Å²) in [5.74, 6) is -1.57. The summed E-state index contributed by atoms with van der Waals surface area (Å²) in [6.45, 7) is 41.2. The van der Waals surface area contributed by atoms with Crippen molar-refractivity contribution in [3.8, 4) is 56.5 Å². The second kappa shape index (κ2) is 40.7. The van der Waals surface area contributed by atoms with Gasteiger partial charge in [0.05, 0.1) is 71.9 Å². The Kier molecular flexibility index (Phi) is 31.4. The monoisotopic (exact) mass is 1720 g/mol. The number of methoxy groups -OCH3 is 1. The van der Waals surface area contributed by atoms with E-state index in [-0.39, 0.29) is 39.3 Å². The summed E-state index contributed by atoms with van der Waals surface area (Å²) in [4.78, 5) is 70.4. The SMILES string of the molecule is COc1nc(C)c([C@H](OC(C)(C)C)C(=O)O)c(N2CCC(C)(C)CC2)c1-c1ccc(OCCc2ccc(F)cc2)cc1.Cc1[nH]c(=O)c(-c2ccc(OCCc3ccc(F)cc3)cc2)c(N2CCC(C)(C)CC2)c1[C@H](OC(C)(C)C)C(=O)O.Cc1nc(Cl)c(-c2ccc(OCCc3ccc(F)cc3)cc2)c(N2CCC(C)(C)CC2)c1[C@H](OC(C)(C)C)C(=O)O. The van der Waals surface area contributed by atoms with Gasteiger partial charge in [-0.15, -0.1) is 0 Å². The first-order valence-corrected chi connectivity index (χ1v) is 43.1. The van der Waals surface area contributed by atoms with E-state index in [0.29, 0.717) is 137 Å². The number of carboxylic acids is 3. The summed E-state index contributed by atoms with van der Waals surface area (Å²) in [5, 5.41) is 31.3. The zero-order valence-corrected chi connectivity index (χ0v) is 76.2. The van der Waals surface area contributed by atoms with Crippen LogP contribution in [0.5, 0.6) is 23.1 Å². The predicted molar refractivity (Wildman–Crippen MR) is 484 cm³/mol. The number of halogens is 4. The summed E-state index contributed by atoms with van der Waals surface area (Å²) < 4.78 is 81.6. The lowest BCUT2D eigenvalue weighted by Gasteiger charge is -2.41. The van der Waals surface area contributed by atoms with Gasteiger partial charge in [0.1, 0.15) is 39.9 Å². The quantitative estimate of drug-likeness (QED) is 0.0333. The summed E-state index contributed by atoms with van der Waals surface area (Å²) >= 11 is 6.85. The van der Waals surface area contributed by atoms with Gasteiger partial charge in [0.2, 0.25) is 5.88 Å². The Bertz CT molecular complexity index is 5170. The molecule has 12 rings (SSSR count). The fourth-order valence-corrected chi connectivity index (χ4v) is 16.0. The third-order valence-electron chi connectivity index (χ3n) is 22.7. The number of nitrogens with zero attached hydrogens (tertiary/aromatic N) is 5. The molecule has 3 aliphatic rings. The minimum Gasteiger partial charge on any atom is -0.493 e. The van der Waals surface area contributed by atoms with Crippen molar-refractivity contribution in [2.75, 3.05) is 80.9 Å². The lowest BCUT2D eigenvalue weighted by atomic mass is 9.82. The highest BCUT2D eigenvalue weighted by atomic mass is 35.5. The summed E-state index contributed by atoms with van der Waals surface area (Å²) in [6, 6.07) is 41.7. The minimum absolute atomic E-state index is 0.161. The number of carboxylic acid groups (broad SMARTS) is 3. The van der Waals surface area contributed by atoms with Crippen molar-refractivity contribution < 1.29 is 76.0 Å². The molecule has 3 aromatic heterocycles. The molecule has 9 aromatic rings. The van der Waals surface area contributed by atoms with Crippen LogP contribution in [0.2, 0.25) is 5.15 Å². The summed E-state index contributed by atoms with van der Waals surface area (Å²) in [5.41, 5.74) is 10.6. The van der Waals surface area contributed by atoms with E-state index in [1.165, 1.54) is 36.4 Å². The molecule has 666 valence electrons. The van der Waals surface area contributed by atoms with Crippen molar-refractivity contribution >= 4 is 46.6 Å². The third-order valence-corrected chi connectivity index (χ3v) is 22.9. The number of carbonyl (C=O) groups is 3. The number of aromatic amines is 1. The third kappa shape index (κ3) is 26.1. The highest BCUT2D eigenvalue weighted by Crippen LogP contribution is 2.51. The number of aryl methyl sites for hydroxylation is 3. The number of piperidine rings is 3. The number of H-pyrrole nitrogens is 1. The van der Waals surface area contributed by atoms with Crippen LogP contribution in [0.1, 0.15) is 211 Å². The van der Waals surface area contributed by atoms with Gasteiger partial charge in [-0.2, -0.15) is 0 Å². The molecule has 3 fully saturated rings. The molecule has 124 heavy (non-hydrogen) atoms. The maximum atomic E-state index is 13.6. The van der Waals surface area contributed by atoms with E-state index in [4.69, 9.17) is 49.7 Å². The molecule has 3 saturated heterocycles. The van der Waals surface area contributed by atoms with Crippen LogP contribution in [-0.2, 0) is 47.9 Å². The molecular weight excluding hydrogens is 1600 g/mol. The maximum absolute atomic E-state index is 13.6. The van der Waals surface area contributed by atoms with Crippen LogP contribution in [-0.4, -0.2) is 131 Å². The molecule has 6 heterocycles. The molecule has 0 saturated carbocycles. The molecule has 6 aromatic carbocycles. The molecule has 20 nitrogen and oxygen atoms in total. The van der Waals surface area contributed by atoms with Crippen LogP contribution in [0, 0.1) is 54.5 Å². The van der Waals surface area contributed by atoms with E-state index in [2.05, 4.69) is 66.2 Å². The first-order valence-electron chi connectivity index (χ1n) is 42.7. The summed E-state index contributed by atoms with van der Waals surface area (Å²) in [6.07, 6.45) is 3.94. The van der Waals surface area contributed by atoms with Gasteiger partial charge in [0.25, 0.3) is 5.56 Å². The molecule has 0 spiro atoms. The van der Waals surface area contributed by atoms with Gasteiger partial charge in [-0.25, -0.2) is 37.5 Å². The van der Waals surface area contributed by atoms with Gasteiger partial charge in [-0.05, 0) is 244 Å². The maximum Gasteiger partial charge on any atom is 0.337 e. The highest BCUT2D eigenvalue weighted by Gasteiger charge is 2.42. The second-order valence-electron chi connectivity index (χ2n) is 37.7. The zero-order valence-electron chi connectivity index (χ0n) is 75.4. The number of hydrogen-bond donors (Lipinski definition) is 4.